The first-order valence-corrected chi connectivity index (χ1v) is 7.82. The van der Waals surface area contributed by atoms with Crippen LogP contribution in [0, 0.1) is 5.92 Å². The van der Waals surface area contributed by atoms with Crippen LogP contribution in [-0.2, 0) is 20.9 Å². The van der Waals surface area contributed by atoms with Gasteiger partial charge in [0.05, 0.1) is 26.2 Å². The molecule has 0 heterocycles. The molecule has 0 spiro atoms. The average Bonchev–Trinajstić information content (AvgIpc) is 3.32. The maximum absolute atomic E-state index is 12.6. The predicted molar refractivity (Wildman–Crippen MR) is 86.1 cm³/mol. The van der Waals surface area contributed by atoms with Crippen LogP contribution < -0.4 is 9.47 Å². The first-order valence-electron chi connectivity index (χ1n) is 7.82. The summed E-state index contributed by atoms with van der Waals surface area (Å²) in [4.78, 5) is 25.0. The second-order valence-electron chi connectivity index (χ2n) is 5.64. The number of carbonyl (C=O) groups excluding carboxylic acids is 1. The third kappa shape index (κ3) is 4.61. The SMILES string of the molecule is CCOC1CC1C(=O)N(CC(=O)O)Cc1cc(OC)cc(OC)c1. The molecule has 1 aliphatic carbocycles. The van der Waals surface area contributed by atoms with Crippen molar-refractivity contribution in [1.82, 2.24) is 4.90 Å². The molecule has 1 amide bonds. The van der Waals surface area contributed by atoms with E-state index >= 15 is 0 Å². The number of amides is 1. The van der Waals surface area contributed by atoms with E-state index in [4.69, 9.17) is 19.3 Å². The highest BCUT2D eigenvalue weighted by Crippen LogP contribution is 2.36. The number of carboxylic acid groups (broad SMARTS) is 1. The Balaban J connectivity index is 2.14. The van der Waals surface area contributed by atoms with Gasteiger partial charge >= 0.3 is 5.97 Å². The van der Waals surface area contributed by atoms with Gasteiger partial charge < -0.3 is 24.2 Å². The van der Waals surface area contributed by atoms with E-state index in [2.05, 4.69) is 0 Å². The Morgan fingerprint density at radius 2 is 1.83 bits per heavy atom. The average molecular weight is 337 g/mol. The van der Waals surface area contributed by atoms with Gasteiger partial charge in [-0.1, -0.05) is 0 Å². The summed E-state index contributed by atoms with van der Waals surface area (Å²) in [6.45, 7) is 2.24. The zero-order valence-corrected chi connectivity index (χ0v) is 14.2. The molecule has 0 radical (unpaired) electrons. The summed E-state index contributed by atoms with van der Waals surface area (Å²) in [6.07, 6.45) is 0.545. The van der Waals surface area contributed by atoms with Gasteiger partial charge in [-0.25, -0.2) is 0 Å². The minimum atomic E-state index is -1.05. The molecule has 0 bridgehead atoms. The standard InChI is InChI=1S/C17H23NO6/c1-4-24-15-8-14(15)17(21)18(10-16(19)20)9-11-5-12(22-2)7-13(6-11)23-3/h5-7,14-15H,4,8-10H2,1-3H3,(H,19,20). The number of nitrogens with zero attached hydrogens (tertiary/aromatic N) is 1. The zero-order chi connectivity index (χ0) is 17.7. The molecule has 1 aliphatic rings. The highest BCUT2D eigenvalue weighted by Gasteiger charge is 2.46. The summed E-state index contributed by atoms with van der Waals surface area (Å²) in [5, 5.41) is 9.11. The van der Waals surface area contributed by atoms with Crippen LogP contribution in [0.3, 0.4) is 0 Å². The van der Waals surface area contributed by atoms with Crippen molar-refractivity contribution < 1.29 is 28.9 Å². The maximum Gasteiger partial charge on any atom is 0.323 e. The van der Waals surface area contributed by atoms with Crippen molar-refractivity contribution in [2.45, 2.75) is 26.0 Å². The summed E-state index contributed by atoms with van der Waals surface area (Å²) in [7, 11) is 3.07. The van der Waals surface area contributed by atoms with Crippen molar-refractivity contribution in [3.05, 3.63) is 23.8 Å². The van der Waals surface area contributed by atoms with E-state index in [1.807, 2.05) is 6.92 Å². The first kappa shape index (κ1) is 18.1. The molecule has 2 atom stereocenters. The highest BCUT2D eigenvalue weighted by molar-refractivity contribution is 5.85. The molecule has 1 aromatic carbocycles. The molecule has 1 saturated carbocycles. The summed E-state index contributed by atoms with van der Waals surface area (Å²) in [5.74, 6) is -0.322. The van der Waals surface area contributed by atoms with E-state index in [0.29, 0.717) is 24.5 Å². The van der Waals surface area contributed by atoms with Crippen LogP contribution in [0.4, 0.5) is 0 Å². The fourth-order valence-corrected chi connectivity index (χ4v) is 2.62. The van der Waals surface area contributed by atoms with Crippen molar-refractivity contribution in [3.8, 4) is 11.5 Å². The lowest BCUT2D eigenvalue weighted by Gasteiger charge is -2.21. The molecule has 132 valence electrons. The minimum absolute atomic E-state index is 0.0985. The molecule has 1 fully saturated rings. The Kier molecular flexibility index (Phi) is 6.03. The number of benzene rings is 1. The minimum Gasteiger partial charge on any atom is -0.497 e. The second kappa shape index (κ2) is 8.01. The largest absolute Gasteiger partial charge is 0.497 e. The number of carboxylic acids is 1. The van der Waals surface area contributed by atoms with E-state index in [9.17, 15) is 9.59 Å². The van der Waals surface area contributed by atoms with E-state index in [1.54, 1.807) is 18.2 Å². The summed E-state index contributed by atoms with van der Waals surface area (Å²) >= 11 is 0. The summed E-state index contributed by atoms with van der Waals surface area (Å²) < 4.78 is 15.8. The number of hydrogen-bond acceptors (Lipinski definition) is 5. The van der Waals surface area contributed by atoms with Crippen LogP contribution in [0.15, 0.2) is 18.2 Å². The van der Waals surface area contributed by atoms with Gasteiger partial charge in [0.15, 0.2) is 0 Å². The molecule has 0 aliphatic heterocycles. The lowest BCUT2D eigenvalue weighted by molar-refractivity contribution is -0.145. The molecule has 24 heavy (non-hydrogen) atoms. The van der Waals surface area contributed by atoms with Crippen LogP contribution in [-0.4, -0.2) is 55.4 Å². The van der Waals surface area contributed by atoms with E-state index in [0.717, 1.165) is 5.56 Å². The van der Waals surface area contributed by atoms with Crippen LogP contribution >= 0.6 is 0 Å². The Morgan fingerprint density at radius 3 is 2.33 bits per heavy atom. The smallest absolute Gasteiger partial charge is 0.323 e. The quantitative estimate of drug-likeness (QED) is 0.736. The highest BCUT2D eigenvalue weighted by atomic mass is 16.5. The van der Waals surface area contributed by atoms with Crippen molar-refractivity contribution in [2.24, 2.45) is 5.92 Å². The van der Waals surface area contributed by atoms with Gasteiger partial charge in [0.2, 0.25) is 5.91 Å². The van der Waals surface area contributed by atoms with Crippen LogP contribution in [0.1, 0.15) is 18.9 Å². The normalized spacial score (nSPS) is 18.8. The fourth-order valence-electron chi connectivity index (χ4n) is 2.62. The summed E-state index contributed by atoms with van der Waals surface area (Å²) in [5.41, 5.74) is 0.745. The van der Waals surface area contributed by atoms with Gasteiger partial charge in [0.25, 0.3) is 0 Å². The second-order valence-corrected chi connectivity index (χ2v) is 5.64. The number of ether oxygens (including phenoxy) is 3. The Hall–Kier alpha value is -2.28. The predicted octanol–water partition coefficient (Wildman–Crippen LogP) is 1.54. The van der Waals surface area contributed by atoms with E-state index in [1.165, 1.54) is 19.1 Å². The topological polar surface area (TPSA) is 85.3 Å². The number of hydrogen-bond donors (Lipinski definition) is 1. The molecule has 2 unspecified atom stereocenters. The number of aliphatic carboxylic acids is 1. The molecule has 1 aromatic rings. The molecular formula is C17H23NO6. The third-order valence-corrected chi connectivity index (χ3v) is 3.85. The molecule has 0 saturated heterocycles. The maximum atomic E-state index is 12.6. The monoisotopic (exact) mass is 337 g/mol. The molecule has 2 rings (SSSR count). The van der Waals surface area contributed by atoms with E-state index in [-0.39, 0.29) is 31.0 Å². The van der Waals surface area contributed by atoms with Crippen LogP contribution in [0.5, 0.6) is 11.5 Å². The van der Waals surface area contributed by atoms with Gasteiger partial charge in [0.1, 0.15) is 18.0 Å². The van der Waals surface area contributed by atoms with Crippen LogP contribution in [0.2, 0.25) is 0 Å². The zero-order valence-electron chi connectivity index (χ0n) is 14.2. The van der Waals surface area contributed by atoms with Gasteiger partial charge in [0, 0.05) is 19.2 Å². The Labute approximate surface area is 141 Å². The van der Waals surface area contributed by atoms with Gasteiger partial charge in [-0.05, 0) is 31.0 Å². The van der Waals surface area contributed by atoms with Crippen LogP contribution in [0.25, 0.3) is 0 Å². The third-order valence-electron chi connectivity index (χ3n) is 3.85. The number of rotatable bonds is 9. The van der Waals surface area contributed by atoms with Crippen molar-refractivity contribution in [1.29, 1.82) is 0 Å². The van der Waals surface area contributed by atoms with Gasteiger partial charge in [-0.15, -0.1) is 0 Å². The van der Waals surface area contributed by atoms with Crippen molar-refractivity contribution in [3.63, 3.8) is 0 Å². The molecular weight excluding hydrogens is 314 g/mol. The fraction of sp³-hybridized carbons (Fsp3) is 0.529. The molecule has 1 N–H and O–H groups in total. The van der Waals surface area contributed by atoms with Gasteiger partial charge in [-0.3, -0.25) is 9.59 Å². The lowest BCUT2D eigenvalue weighted by atomic mass is 10.1. The number of methoxy groups -OCH3 is 2. The number of carbonyl (C=O) groups is 2. The summed E-state index contributed by atoms with van der Waals surface area (Å²) in [6, 6.07) is 5.24. The molecule has 7 nitrogen and oxygen atoms in total. The first-order chi connectivity index (χ1) is 11.5. The lowest BCUT2D eigenvalue weighted by Crippen LogP contribution is -2.37. The van der Waals surface area contributed by atoms with Crippen molar-refractivity contribution in [2.75, 3.05) is 27.4 Å². The Morgan fingerprint density at radius 1 is 1.21 bits per heavy atom. The Bertz CT molecular complexity index is 580. The van der Waals surface area contributed by atoms with Crippen molar-refractivity contribution >= 4 is 11.9 Å². The van der Waals surface area contributed by atoms with E-state index < -0.39 is 5.97 Å². The molecule has 0 aromatic heterocycles. The molecule has 7 heteroatoms. The van der Waals surface area contributed by atoms with Gasteiger partial charge in [-0.2, -0.15) is 0 Å².